The molecule has 0 amide bonds. The molecule has 0 radical (unpaired) electrons. The molecule has 0 aliphatic heterocycles. The van der Waals surface area contributed by atoms with Gasteiger partial charge in [0.2, 0.25) is 0 Å². The number of nitrogens with one attached hydrogen (secondary N) is 1. The number of likely N-dealkylation sites (N-methyl/N-ethyl adjacent to an activating group) is 2. The van der Waals surface area contributed by atoms with E-state index in [1.54, 1.807) is 7.11 Å². The molecule has 1 rings (SSSR count). The van der Waals surface area contributed by atoms with Crippen LogP contribution in [0.25, 0.3) is 0 Å². The zero-order valence-corrected chi connectivity index (χ0v) is 12.0. The van der Waals surface area contributed by atoms with Crippen molar-refractivity contribution in [2.75, 3.05) is 33.9 Å². The Kier molecular flexibility index (Phi) is 7.09. The van der Waals surface area contributed by atoms with Crippen LogP contribution in [0.1, 0.15) is 39.5 Å². The fourth-order valence-corrected chi connectivity index (χ4v) is 2.96. The lowest BCUT2D eigenvalue weighted by molar-refractivity contribution is 0.110. The van der Waals surface area contributed by atoms with E-state index in [4.69, 9.17) is 4.74 Å². The van der Waals surface area contributed by atoms with Gasteiger partial charge in [0.1, 0.15) is 0 Å². The summed E-state index contributed by atoms with van der Waals surface area (Å²) in [5.41, 5.74) is 0. The van der Waals surface area contributed by atoms with Gasteiger partial charge < -0.3 is 15.0 Å². The van der Waals surface area contributed by atoms with Gasteiger partial charge in [0.25, 0.3) is 0 Å². The second kappa shape index (κ2) is 8.06. The molecule has 0 spiro atoms. The average molecular weight is 242 g/mol. The number of ether oxygens (including phenoxy) is 1. The van der Waals surface area contributed by atoms with Gasteiger partial charge in [0, 0.05) is 32.3 Å². The van der Waals surface area contributed by atoms with Crippen LogP contribution in [0.3, 0.4) is 0 Å². The summed E-state index contributed by atoms with van der Waals surface area (Å²) in [7, 11) is 4.05. The summed E-state index contributed by atoms with van der Waals surface area (Å²) in [6.07, 6.45) is 5.17. The van der Waals surface area contributed by atoms with Crippen molar-refractivity contribution in [3.8, 4) is 0 Å². The van der Waals surface area contributed by atoms with Gasteiger partial charge in [-0.05, 0) is 45.2 Å². The second-order valence-electron chi connectivity index (χ2n) is 5.48. The molecule has 1 saturated carbocycles. The van der Waals surface area contributed by atoms with E-state index in [0.717, 1.165) is 32.0 Å². The minimum absolute atomic E-state index is 0.684. The SMILES string of the molecule is CCNC1CCC(C)CC1N(C)CCCOC. The zero-order chi connectivity index (χ0) is 12.7. The molecule has 0 heterocycles. The molecule has 1 fully saturated rings. The lowest BCUT2D eigenvalue weighted by Gasteiger charge is -2.41. The van der Waals surface area contributed by atoms with Gasteiger partial charge in [-0.25, -0.2) is 0 Å². The van der Waals surface area contributed by atoms with Crippen LogP contribution in [0.2, 0.25) is 0 Å². The molecule has 17 heavy (non-hydrogen) atoms. The van der Waals surface area contributed by atoms with Crippen molar-refractivity contribution in [3.05, 3.63) is 0 Å². The molecule has 1 aliphatic carbocycles. The van der Waals surface area contributed by atoms with Crippen LogP contribution < -0.4 is 5.32 Å². The monoisotopic (exact) mass is 242 g/mol. The molecule has 3 heteroatoms. The summed E-state index contributed by atoms with van der Waals surface area (Å²) >= 11 is 0. The molecule has 0 aromatic carbocycles. The fraction of sp³-hybridized carbons (Fsp3) is 1.00. The summed E-state index contributed by atoms with van der Waals surface area (Å²) in [6.45, 7) is 7.70. The third-order valence-corrected chi connectivity index (χ3v) is 3.97. The van der Waals surface area contributed by atoms with Crippen LogP contribution in [0.15, 0.2) is 0 Å². The Hall–Kier alpha value is -0.120. The average Bonchev–Trinajstić information content (AvgIpc) is 2.32. The fourth-order valence-electron chi connectivity index (χ4n) is 2.96. The Balaban J connectivity index is 2.43. The molecule has 0 saturated heterocycles. The van der Waals surface area contributed by atoms with Crippen LogP contribution in [0.5, 0.6) is 0 Å². The number of rotatable bonds is 7. The maximum absolute atomic E-state index is 5.13. The molecule has 0 bridgehead atoms. The third-order valence-electron chi connectivity index (χ3n) is 3.97. The highest BCUT2D eigenvalue weighted by Gasteiger charge is 2.30. The third kappa shape index (κ3) is 4.94. The highest BCUT2D eigenvalue weighted by molar-refractivity contribution is 4.89. The van der Waals surface area contributed by atoms with E-state index in [0.29, 0.717) is 12.1 Å². The maximum atomic E-state index is 5.13. The van der Waals surface area contributed by atoms with Crippen LogP contribution >= 0.6 is 0 Å². The molecule has 3 atom stereocenters. The molecule has 3 unspecified atom stereocenters. The smallest absolute Gasteiger partial charge is 0.0474 e. The minimum Gasteiger partial charge on any atom is -0.385 e. The van der Waals surface area contributed by atoms with Gasteiger partial charge in [0.05, 0.1) is 0 Å². The molecular weight excluding hydrogens is 212 g/mol. The predicted octanol–water partition coefficient (Wildman–Crippen LogP) is 2.12. The van der Waals surface area contributed by atoms with Crippen molar-refractivity contribution in [1.29, 1.82) is 0 Å². The second-order valence-corrected chi connectivity index (χ2v) is 5.48. The lowest BCUT2D eigenvalue weighted by Crippen LogP contribution is -2.52. The molecule has 1 aliphatic rings. The van der Waals surface area contributed by atoms with Gasteiger partial charge in [-0.1, -0.05) is 13.8 Å². The van der Waals surface area contributed by atoms with Crippen molar-refractivity contribution in [3.63, 3.8) is 0 Å². The van der Waals surface area contributed by atoms with E-state index in [-0.39, 0.29) is 0 Å². The molecule has 102 valence electrons. The molecule has 3 nitrogen and oxygen atoms in total. The van der Waals surface area contributed by atoms with Crippen molar-refractivity contribution in [2.24, 2.45) is 5.92 Å². The standard InChI is InChI=1S/C14H30N2O/c1-5-15-13-8-7-12(2)11-14(13)16(3)9-6-10-17-4/h12-15H,5-11H2,1-4H3. The first-order chi connectivity index (χ1) is 8.19. The summed E-state index contributed by atoms with van der Waals surface area (Å²) in [4.78, 5) is 2.53. The van der Waals surface area contributed by atoms with E-state index in [1.165, 1.54) is 19.3 Å². The van der Waals surface area contributed by atoms with Gasteiger partial charge in [0.15, 0.2) is 0 Å². The van der Waals surface area contributed by atoms with E-state index in [1.807, 2.05) is 0 Å². The Morgan fingerprint density at radius 1 is 1.35 bits per heavy atom. The minimum atomic E-state index is 0.684. The quantitative estimate of drug-likeness (QED) is 0.692. The number of methoxy groups -OCH3 is 1. The largest absolute Gasteiger partial charge is 0.385 e. The Labute approximate surface area is 107 Å². The molecule has 1 N–H and O–H groups in total. The molecular formula is C14H30N2O. The summed E-state index contributed by atoms with van der Waals surface area (Å²) in [5, 5.41) is 3.65. The van der Waals surface area contributed by atoms with Crippen molar-refractivity contribution in [2.45, 2.75) is 51.6 Å². The van der Waals surface area contributed by atoms with Gasteiger partial charge in [-0.3, -0.25) is 0 Å². The van der Waals surface area contributed by atoms with Crippen LogP contribution in [0, 0.1) is 5.92 Å². The van der Waals surface area contributed by atoms with Gasteiger partial charge in [-0.15, -0.1) is 0 Å². The van der Waals surface area contributed by atoms with E-state index in [9.17, 15) is 0 Å². The van der Waals surface area contributed by atoms with Crippen LogP contribution in [0.4, 0.5) is 0 Å². The first kappa shape index (κ1) is 14.9. The van der Waals surface area contributed by atoms with Gasteiger partial charge >= 0.3 is 0 Å². The van der Waals surface area contributed by atoms with E-state index < -0.39 is 0 Å². The van der Waals surface area contributed by atoms with Crippen LogP contribution in [-0.4, -0.2) is 50.8 Å². The van der Waals surface area contributed by atoms with Crippen molar-refractivity contribution < 1.29 is 4.74 Å². The maximum Gasteiger partial charge on any atom is 0.0474 e. The van der Waals surface area contributed by atoms with Gasteiger partial charge in [-0.2, -0.15) is 0 Å². The highest BCUT2D eigenvalue weighted by atomic mass is 16.5. The first-order valence-corrected chi connectivity index (χ1v) is 7.11. The summed E-state index contributed by atoms with van der Waals surface area (Å²) in [5.74, 6) is 0.875. The number of nitrogens with zero attached hydrogens (tertiary/aromatic N) is 1. The predicted molar refractivity (Wildman–Crippen MR) is 73.4 cm³/mol. The molecule has 0 aromatic heterocycles. The van der Waals surface area contributed by atoms with Crippen molar-refractivity contribution >= 4 is 0 Å². The van der Waals surface area contributed by atoms with E-state index in [2.05, 4.69) is 31.1 Å². The lowest BCUT2D eigenvalue weighted by atomic mass is 9.82. The van der Waals surface area contributed by atoms with Crippen LogP contribution in [-0.2, 0) is 4.74 Å². The Morgan fingerprint density at radius 2 is 2.12 bits per heavy atom. The van der Waals surface area contributed by atoms with Crippen molar-refractivity contribution in [1.82, 2.24) is 10.2 Å². The topological polar surface area (TPSA) is 24.5 Å². The normalized spacial score (nSPS) is 29.8. The highest BCUT2D eigenvalue weighted by Crippen LogP contribution is 2.27. The molecule has 0 aromatic rings. The summed E-state index contributed by atoms with van der Waals surface area (Å²) < 4.78 is 5.13. The van der Waals surface area contributed by atoms with E-state index >= 15 is 0 Å². The zero-order valence-electron chi connectivity index (χ0n) is 12.0. The number of hydrogen-bond donors (Lipinski definition) is 1. The Bertz CT molecular complexity index is 199. The Morgan fingerprint density at radius 3 is 2.76 bits per heavy atom. The first-order valence-electron chi connectivity index (χ1n) is 7.11. The summed E-state index contributed by atoms with van der Waals surface area (Å²) in [6, 6.07) is 1.39. The number of hydrogen-bond acceptors (Lipinski definition) is 3.